The van der Waals surface area contributed by atoms with Crippen molar-refractivity contribution in [2.45, 2.75) is 4.90 Å². The molecule has 11 heteroatoms. The smallest absolute Gasteiger partial charge is 0.342 e. The number of ether oxygens (including phenoxy) is 3. The van der Waals surface area contributed by atoms with Crippen LogP contribution in [-0.4, -0.2) is 38.6 Å². The van der Waals surface area contributed by atoms with Crippen LogP contribution in [0.25, 0.3) is 5.57 Å². The van der Waals surface area contributed by atoms with Crippen LogP contribution in [0.4, 0.5) is 0 Å². The first-order valence-corrected chi connectivity index (χ1v) is 10.6. The summed E-state index contributed by atoms with van der Waals surface area (Å²) in [6, 6.07) is 15.1. The topological polar surface area (TPSA) is 138 Å². The fourth-order valence-electron chi connectivity index (χ4n) is 2.70. The molecule has 10 nitrogen and oxygen atoms in total. The van der Waals surface area contributed by atoms with Crippen molar-refractivity contribution in [3.05, 3.63) is 78.3 Å². The van der Waals surface area contributed by atoms with Crippen LogP contribution in [0.5, 0.6) is 17.5 Å². The van der Waals surface area contributed by atoms with Crippen LogP contribution in [0.2, 0.25) is 0 Å². The molecule has 2 aromatic carbocycles. The highest BCUT2D eigenvalue weighted by atomic mass is 32.2. The number of rotatable bonds is 8. The number of carbonyl (C=O) groups is 1. The van der Waals surface area contributed by atoms with E-state index in [0.717, 1.165) is 12.4 Å². The zero-order valence-electron chi connectivity index (χ0n) is 17.5. The molecule has 0 aliphatic heterocycles. The summed E-state index contributed by atoms with van der Waals surface area (Å²) in [5.74, 6) is -0.820. The highest BCUT2D eigenvalue weighted by molar-refractivity contribution is 7.87. The Hall–Kier alpha value is -4.43. The maximum absolute atomic E-state index is 12.6. The molecule has 1 aromatic heterocycles. The van der Waals surface area contributed by atoms with Crippen molar-refractivity contribution >= 4 is 21.7 Å². The third-order valence-corrected chi connectivity index (χ3v) is 5.41. The summed E-state index contributed by atoms with van der Waals surface area (Å²) in [4.78, 5) is 19.6. The minimum atomic E-state index is -4.34. The minimum Gasteiger partial charge on any atom is -0.503 e. The SMILES string of the molecule is CO/C=C(/C(=O)OC)c1ccccc1Oc1cc(OS(=O)(=O)c2ccccc2C#N)ncn1. The molecule has 0 N–H and O–H groups in total. The number of carbonyl (C=O) groups excluding carboxylic acids is 1. The third-order valence-electron chi connectivity index (χ3n) is 4.12. The number of para-hydroxylation sites is 1. The second-order valence-corrected chi connectivity index (χ2v) is 7.71. The quantitative estimate of drug-likeness (QED) is 0.210. The maximum Gasteiger partial charge on any atom is 0.342 e. The lowest BCUT2D eigenvalue weighted by Gasteiger charge is -2.12. The molecule has 0 spiro atoms. The summed E-state index contributed by atoms with van der Waals surface area (Å²) < 4.78 is 45.8. The van der Waals surface area contributed by atoms with E-state index in [1.807, 2.05) is 0 Å². The molecule has 168 valence electrons. The van der Waals surface area contributed by atoms with Gasteiger partial charge in [-0.05, 0) is 18.2 Å². The van der Waals surface area contributed by atoms with Crippen molar-refractivity contribution in [1.29, 1.82) is 5.26 Å². The average molecular weight is 467 g/mol. The van der Waals surface area contributed by atoms with E-state index in [1.165, 1.54) is 44.7 Å². The molecule has 0 fully saturated rings. The van der Waals surface area contributed by atoms with Gasteiger partial charge in [-0.2, -0.15) is 13.7 Å². The van der Waals surface area contributed by atoms with E-state index < -0.39 is 16.1 Å². The van der Waals surface area contributed by atoms with Crippen LogP contribution in [0.15, 0.2) is 72.1 Å². The molecule has 1 heterocycles. The molecule has 0 amide bonds. The van der Waals surface area contributed by atoms with Gasteiger partial charge in [-0.25, -0.2) is 14.8 Å². The van der Waals surface area contributed by atoms with Crippen molar-refractivity contribution < 1.29 is 31.6 Å². The number of esters is 1. The highest BCUT2D eigenvalue weighted by Crippen LogP contribution is 2.31. The summed E-state index contributed by atoms with van der Waals surface area (Å²) in [6.45, 7) is 0. The zero-order valence-corrected chi connectivity index (χ0v) is 18.3. The van der Waals surface area contributed by atoms with Gasteiger partial charge in [-0.3, -0.25) is 0 Å². The van der Waals surface area contributed by atoms with Gasteiger partial charge in [0.15, 0.2) is 0 Å². The lowest BCUT2D eigenvalue weighted by atomic mass is 10.1. The number of hydrogen-bond donors (Lipinski definition) is 0. The molecule has 0 unspecified atom stereocenters. The fourth-order valence-corrected chi connectivity index (χ4v) is 3.73. The largest absolute Gasteiger partial charge is 0.503 e. The first-order valence-electron chi connectivity index (χ1n) is 9.23. The lowest BCUT2D eigenvalue weighted by Crippen LogP contribution is -2.12. The summed E-state index contributed by atoms with van der Waals surface area (Å²) in [5.41, 5.74) is 0.372. The van der Waals surface area contributed by atoms with Gasteiger partial charge in [0.05, 0.1) is 32.1 Å². The van der Waals surface area contributed by atoms with E-state index >= 15 is 0 Å². The first-order chi connectivity index (χ1) is 15.9. The van der Waals surface area contributed by atoms with Crippen LogP contribution < -0.4 is 8.92 Å². The van der Waals surface area contributed by atoms with Crippen LogP contribution >= 0.6 is 0 Å². The molecular weight excluding hydrogens is 450 g/mol. The number of hydrogen-bond acceptors (Lipinski definition) is 10. The first kappa shape index (κ1) is 23.2. The summed E-state index contributed by atoms with van der Waals surface area (Å²) in [6.07, 6.45) is 2.26. The lowest BCUT2D eigenvalue weighted by molar-refractivity contribution is -0.133. The molecule has 3 aromatic rings. The third kappa shape index (κ3) is 5.44. The van der Waals surface area contributed by atoms with E-state index in [0.29, 0.717) is 5.56 Å². The molecule has 0 saturated carbocycles. The Labute approximate surface area is 189 Å². The van der Waals surface area contributed by atoms with Crippen molar-refractivity contribution in [2.75, 3.05) is 14.2 Å². The van der Waals surface area contributed by atoms with Crippen LogP contribution in [0.3, 0.4) is 0 Å². The van der Waals surface area contributed by atoms with Crippen molar-refractivity contribution in [1.82, 2.24) is 9.97 Å². The van der Waals surface area contributed by atoms with Gasteiger partial charge in [0.25, 0.3) is 0 Å². The van der Waals surface area contributed by atoms with E-state index in [4.69, 9.17) is 23.7 Å². The van der Waals surface area contributed by atoms with Crippen molar-refractivity contribution in [2.24, 2.45) is 0 Å². The Morgan fingerprint density at radius 3 is 2.45 bits per heavy atom. The molecule has 0 aliphatic rings. The van der Waals surface area contributed by atoms with Gasteiger partial charge in [-0.15, -0.1) is 0 Å². The van der Waals surface area contributed by atoms with E-state index in [1.54, 1.807) is 30.3 Å². The summed E-state index contributed by atoms with van der Waals surface area (Å²) >= 11 is 0. The zero-order chi connectivity index (χ0) is 23.8. The Morgan fingerprint density at radius 2 is 1.73 bits per heavy atom. The predicted molar refractivity (Wildman–Crippen MR) is 115 cm³/mol. The van der Waals surface area contributed by atoms with Gasteiger partial charge in [0.1, 0.15) is 28.6 Å². The van der Waals surface area contributed by atoms with Crippen LogP contribution in [-0.2, 0) is 24.4 Å². The second kappa shape index (κ2) is 10.3. The molecule has 0 atom stereocenters. The van der Waals surface area contributed by atoms with Gasteiger partial charge >= 0.3 is 16.1 Å². The normalized spacial score (nSPS) is 11.2. The minimum absolute atomic E-state index is 0.0575. The maximum atomic E-state index is 12.6. The monoisotopic (exact) mass is 467 g/mol. The Balaban J connectivity index is 1.91. The van der Waals surface area contributed by atoms with E-state index in [2.05, 4.69) is 9.97 Å². The second-order valence-electron chi connectivity index (χ2n) is 6.20. The Morgan fingerprint density at radius 1 is 1.03 bits per heavy atom. The summed E-state index contributed by atoms with van der Waals surface area (Å²) in [7, 11) is -1.73. The van der Waals surface area contributed by atoms with E-state index in [-0.39, 0.29) is 33.5 Å². The predicted octanol–water partition coefficient (Wildman–Crippen LogP) is 3.07. The fraction of sp³-hybridized carbons (Fsp3) is 0.0909. The number of benzene rings is 2. The van der Waals surface area contributed by atoms with Crippen molar-refractivity contribution in [3.8, 4) is 23.6 Å². The molecular formula is C22H17N3O7S. The molecule has 0 radical (unpaired) electrons. The molecule has 0 aliphatic carbocycles. The molecule has 33 heavy (non-hydrogen) atoms. The highest BCUT2D eigenvalue weighted by Gasteiger charge is 2.22. The average Bonchev–Trinajstić information content (AvgIpc) is 2.82. The van der Waals surface area contributed by atoms with Crippen LogP contribution in [0.1, 0.15) is 11.1 Å². The van der Waals surface area contributed by atoms with Crippen molar-refractivity contribution in [3.63, 3.8) is 0 Å². The number of aromatic nitrogens is 2. The van der Waals surface area contributed by atoms with Gasteiger partial charge in [0, 0.05) is 5.56 Å². The van der Waals surface area contributed by atoms with Gasteiger partial charge in [-0.1, -0.05) is 30.3 Å². The molecule has 0 saturated heterocycles. The number of nitriles is 1. The molecule has 0 bridgehead atoms. The van der Waals surface area contributed by atoms with Crippen LogP contribution in [0, 0.1) is 11.3 Å². The van der Waals surface area contributed by atoms with Gasteiger partial charge < -0.3 is 18.4 Å². The Kier molecular flexibility index (Phi) is 7.22. The number of methoxy groups -OCH3 is 2. The summed E-state index contributed by atoms with van der Waals surface area (Å²) in [5, 5.41) is 9.16. The Bertz CT molecular complexity index is 1350. The molecule has 3 rings (SSSR count). The van der Waals surface area contributed by atoms with Gasteiger partial charge in [0.2, 0.25) is 11.8 Å². The standard InChI is InChI=1S/C22H17N3O7S/c1-29-13-17(22(26)30-2)16-8-4-5-9-18(16)31-20-11-21(25-14-24-20)32-33(27,28)19-10-6-3-7-15(19)12-23/h3-11,13-14H,1-2H3/b17-13+. The number of nitrogens with zero attached hydrogens (tertiary/aromatic N) is 3. The van der Waals surface area contributed by atoms with E-state index in [9.17, 15) is 13.2 Å².